The Balaban J connectivity index is 0.00000364. The summed E-state index contributed by atoms with van der Waals surface area (Å²) in [6, 6.07) is 17.0. The van der Waals surface area contributed by atoms with Gasteiger partial charge in [0.2, 0.25) is 5.91 Å². The van der Waals surface area contributed by atoms with Crippen molar-refractivity contribution in [2.45, 2.75) is 19.9 Å². The van der Waals surface area contributed by atoms with Gasteiger partial charge in [-0.15, -0.1) is 24.0 Å². The molecule has 0 saturated heterocycles. The second-order valence-electron chi connectivity index (χ2n) is 5.70. The van der Waals surface area contributed by atoms with Gasteiger partial charge in [0.25, 0.3) is 0 Å². The first-order valence-corrected chi connectivity index (χ1v) is 8.78. The van der Waals surface area contributed by atoms with Crippen LogP contribution in [0.5, 0.6) is 5.75 Å². The number of primary amides is 1. The number of hydrogen-bond donors (Lipinski definition) is 3. The van der Waals surface area contributed by atoms with Gasteiger partial charge in [0.15, 0.2) is 5.96 Å². The number of amides is 1. The molecule has 1 amide bonds. The van der Waals surface area contributed by atoms with E-state index in [0.29, 0.717) is 18.7 Å². The molecule has 0 fully saturated rings. The van der Waals surface area contributed by atoms with Crippen molar-refractivity contribution < 1.29 is 9.53 Å². The fourth-order valence-corrected chi connectivity index (χ4v) is 2.32. The van der Waals surface area contributed by atoms with E-state index in [1.54, 1.807) is 12.1 Å². The summed E-state index contributed by atoms with van der Waals surface area (Å²) in [5.74, 6) is 1.18. The highest BCUT2D eigenvalue weighted by Crippen LogP contribution is 2.08. The average Bonchev–Trinajstić information content (AvgIpc) is 2.66. The third-order valence-electron chi connectivity index (χ3n) is 3.60. The van der Waals surface area contributed by atoms with E-state index in [9.17, 15) is 4.79 Å². The third-order valence-corrected chi connectivity index (χ3v) is 3.60. The number of para-hydroxylation sites is 1. The zero-order valence-electron chi connectivity index (χ0n) is 15.5. The number of rotatable bonds is 9. The lowest BCUT2D eigenvalue weighted by atomic mass is 10.1. The largest absolute Gasteiger partial charge is 0.494 e. The molecule has 0 heterocycles. The number of nitrogens with two attached hydrogens (primary N) is 1. The Bertz CT molecular complexity index is 723. The van der Waals surface area contributed by atoms with E-state index in [-0.39, 0.29) is 24.0 Å². The number of nitrogens with zero attached hydrogens (tertiary/aromatic N) is 1. The van der Waals surface area contributed by atoms with Gasteiger partial charge in [-0.25, -0.2) is 4.99 Å². The van der Waals surface area contributed by atoms with Gasteiger partial charge in [0.05, 0.1) is 13.2 Å². The zero-order chi connectivity index (χ0) is 18.6. The standard InChI is InChI=1S/C20H26N4O2.HI/c1-2-22-20(23-12-7-13-26-18-10-4-3-5-11-18)24-15-16-8-6-9-17(14-16)19(21)25;/h3-6,8-11,14H,2,7,12-13,15H2,1H3,(H2,21,25)(H2,22,23,24);1H. The van der Waals surface area contributed by atoms with E-state index in [4.69, 9.17) is 10.5 Å². The molecule has 2 aromatic carbocycles. The van der Waals surface area contributed by atoms with Crippen LogP contribution in [0.3, 0.4) is 0 Å². The molecule has 2 aromatic rings. The van der Waals surface area contributed by atoms with Crippen LogP contribution < -0.4 is 21.1 Å². The molecule has 4 N–H and O–H groups in total. The first-order valence-electron chi connectivity index (χ1n) is 8.78. The molecule has 0 atom stereocenters. The Morgan fingerprint density at radius 3 is 2.59 bits per heavy atom. The van der Waals surface area contributed by atoms with Gasteiger partial charge < -0.3 is 21.1 Å². The van der Waals surface area contributed by atoms with Crippen molar-refractivity contribution in [1.82, 2.24) is 10.6 Å². The predicted octanol–water partition coefficient (Wildman–Crippen LogP) is 2.93. The summed E-state index contributed by atoms with van der Waals surface area (Å²) in [7, 11) is 0. The van der Waals surface area contributed by atoms with Crippen molar-refractivity contribution in [3.05, 3.63) is 65.7 Å². The maximum atomic E-state index is 11.2. The number of carbonyl (C=O) groups is 1. The van der Waals surface area contributed by atoms with Crippen LogP contribution in [0.4, 0.5) is 0 Å². The molecular formula is C20H27IN4O2. The molecule has 0 aliphatic carbocycles. The second kappa shape index (κ2) is 13.0. The minimum atomic E-state index is -0.431. The fourth-order valence-electron chi connectivity index (χ4n) is 2.32. The van der Waals surface area contributed by atoms with E-state index >= 15 is 0 Å². The van der Waals surface area contributed by atoms with E-state index in [1.807, 2.05) is 49.4 Å². The van der Waals surface area contributed by atoms with Crippen LogP contribution in [0.1, 0.15) is 29.3 Å². The summed E-state index contributed by atoms with van der Waals surface area (Å²) >= 11 is 0. The molecule has 0 unspecified atom stereocenters. The monoisotopic (exact) mass is 482 g/mol. The lowest BCUT2D eigenvalue weighted by Gasteiger charge is -2.12. The van der Waals surface area contributed by atoms with Crippen LogP contribution in [0, 0.1) is 0 Å². The summed E-state index contributed by atoms with van der Waals surface area (Å²) in [6.45, 7) is 4.64. The van der Waals surface area contributed by atoms with Gasteiger partial charge in [0, 0.05) is 18.7 Å². The molecule has 0 radical (unpaired) electrons. The van der Waals surface area contributed by atoms with Crippen molar-refractivity contribution in [2.75, 3.05) is 19.7 Å². The van der Waals surface area contributed by atoms with Crippen molar-refractivity contribution in [3.8, 4) is 5.75 Å². The van der Waals surface area contributed by atoms with E-state index in [0.717, 1.165) is 36.8 Å². The molecule has 7 heteroatoms. The smallest absolute Gasteiger partial charge is 0.248 e. The van der Waals surface area contributed by atoms with Crippen molar-refractivity contribution >= 4 is 35.8 Å². The molecule has 27 heavy (non-hydrogen) atoms. The van der Waals surface area contributed by atoms with Crippen LogP contribution in [-0.4, -0.2) is 31.6 Å². The van der Waals surface area contributed by atoms with Crippen LogP contribution >= 0.6 is 24.0 Å². The minimum absolute atomic E-state index is 0. The quantitative estimate of drug-likeness (QED) is 0.222. The van der Waals surface area contributed by atoms with Gasteiger partial charge in [-0.3, -0.25) is 4.79 Å². The van der Waals surface area contributed by atoms with Crippen molar-refractivity contribution in [3.63, 3.8) is 0 Å². The number of aliphatic imine (C=N–C) groups is 1. The highest BCUT2D eigenvalue weighted by Gasteiger charge is 2.02. The second-order valence-corrected chi connectivity index (χ2v) is 5.70. The summed E-state index contributed by atoms with van der Waals surface area (Å²) in [5, 5.41) is 6.49. The molecule has 0 bridgehead atoms. The van der Waals surface area contributed by atoms with E-state index < -0.39 is 5.91 Å². The molecule has 0 saturated carbocycles. The van der Waals surface area contributed by atoms with Gasteiger partial charge in [-0.1, -0.05) is 30.3 Å². The number of halogens is 1. The van der Waals surface area contributed by atoms with Crippen LogP contribution in [0.25, 0.3) is 0 Å². The molecule has 2 rings (SSSR count). The first kappa shape index (κ1) is 22.8. The zero-order valence-corrected chi connectivity index (χ0v) is 17.8. The maximum absolute atomic E-state index is 11.2. The van der Waals surface area contributed by atoms with E-state index in [2.05, 4.69) is 15.6 Å². The molecular weight excluding hydrogens is 455 g/mol. The molecule has 0 aliphatic rings. The Kier molecular flexibility index (Phi) is 10.9. The van der Waals surface area contributed by atoms with Crippen LogP contribution in [-0.2, 0) is 6.54 Å². The Morgan fingerprint density at radius 1 is 1.11 bits per heavy atom. The fraction of sp³-hybridized carbons (Fsp3) is 0.300. The predicted molar refractivity (Wildman–Crippen MR) is 120 cm³/mol. The molecule has 146 valence electrons. The minimum Gasteiger partial charge on any atom is -0.494 e. The Hall–Kier alpha value is -2.29. The van der Waals surface area contributed by atoms with Crippen LogP contribution in [0.15, 0.2) is 59.6 Å². The first-order chi connectivity index (χ1) is 12.7. The average molecular weight is 482 g/mol. The number of hydrogen-bond acceptors (Lipinski definition) is 3. The molecule has 0 aromatic heterocycles. The van der Waals surface area contributed by atoms with Gasteiger partial charge in [0.1, 0.15) is 5.75 Å². The highest BCUT2D eigenvalue weighted by molar-refractivity contribution is 14.0. The summed E-state index contributed by atoms with van der Waals surface area (Å²) in [5.41, 5.74) is 6.74. The molecule has 0 spiro atoms. The normalized spacial score (nSPS) is 10.6. The highest BCUT2D eigenvalue weighted by atomic mass is 127. The number of nitrogens with one attached hydrogen (secondary N) is 2. The van der Waals surface area contributed by atoms with Crippen LogP contribution in [0.2, 0.25) is 0 Å². The number of benzene rings is 2. The summed E-state index contributed by atoms with van der Waals surface area (Å²) in [4.78, 5) is 15.8. The summed E-state index contributed by atoms with van der Waals surface area (Å²) < 4.78 is 5.67. The van der Waals surface area contributed by atoms with Gasteiger partial charge >= 0.3 is 0 Å². The Morgan fingerprint density at radius 2 is 1.89 bits per heavy atom. The van der Waals surface area contributed by atoms with Crippen molar-refractivity contribution in [2.24, 2.45) is 10.7 Å². The van der Waals surface area contributed by atoms with Gasteiger partial charge in [-0.2, -0.15) is 0 Å². The lowest BCUT2D eigenvalue weighted by Crippen LogP contribution is -2.38. The topological polar surface area (TPSA) is 88.7 Å². The van der Waals surface area contributed by atoms with E-state index in [1.165, 1.54) is 0 Å². The molecule has 6 nitrogen and oxygen atoms in total. The van der Waals surface area contributed by atoms with Gasteiger partial charge in [-0.05, 0) is 43.2 Å². The third kappa shape index (κ3) is 8.76. The number of carbonyl (C=O) groups excluding carboxylic acids is 1. The number of guanidine groups is 1. The summed E-state index contributed by atoms with van der Waals surface area (Å²) in [6.07, 6.45) is 0.858. The van der Waals surface area contributed by atoms with Crippen molar-refractivity contribution in [1.29, 1.82) is 0 Å². The number of ether oxygens (including phenoxy) is 1. The maximum Gasteiger partial charge on any atom is 0.248 e. The Labute approximate surface area is 177 Å². The SMILES string of the molecule is CCNC(=NCc1cccc(C(N)=O)c1)NCCCOc1ccccc1.I. The lowest BCUT2D eigenvalue weighted by molar-refractivity contribution is 0.1000. The molecule has 0 aliphatic heterocycles.